The minimum atomic E-state index is -0.370. The number of carbonyl (C=O) groups excluding carboxylic acids is 1. The van der Waals surface area contributed by atoms with E-state index < -0.39 is 0 Å². The number of rotatable bonds is 4. The summed E-state index contributed by atoms with van der Waals surface area (Å²) in [5, 5.41) is 0. The van der Waals surface area contributed by atoms with Gasteiger partial charge in [-0.25, -0.2) is 0 Å². The molecule has 0 radical (unpaired) electrons. The summed E-state index contributed by atoms with van der Waals surface area (Å²) in [6.45, 7) is 6.29. The average molecular weight is 337 g/mol. The summed E-state index contributed by atoms with van der Waals surface area (Å²) < 4.78 is 17.1. The molecule has 7 nitrogen and oxygen atoms in total. The fourth-order valence-electron chi connectivity index (χ4n) is 3.33. The van der Waals surface area contributed by atoms with Gasteiger partial charge in [0.25, 0.3) is 0 Å². The largest absolute Gasteiger partial charge is 0.472 e. The molecule has 0 aromatic carbocycles. The predicted octanol–water partition coefficient (Wildman–Crippen LogP) is 0.271. The Morgan fingerprint density at radius 1 is 1.25 bits per heavy atom. The molecule has 1 aromatic heterocycles. The van der Waals surface area contributed by atoms with E-state index in [9.17, 15) is 4.79 Å². The van der Waals surface area contributed by atoms with E-state index in [-0.39, 0.29) is 11.5 Å². The van der Waals surface area contributed by atoms with E-state index in [1.807, 2.05) is 6.07 Å². The van der Waals surface area contributed by atoms with Crippen LogP contribution in [0.5, 0.6) is 0 Å². The van der Waals surface area contributed by atoms with Crippen LogP contribution in [0, 0.1) is 0 Å². The van der Waals surface area contributed by atoms with Gasteiger partial charge in [-0.15, -0.1) is 0 Å². The standard InChI is InChI=1S/C17H27N3O4/c1-18(2)16(21)10-20-4-7-23-14-17(13-20)12-19(5-8-24-17)9-15-3-6-22-11-15/h3,6,11H,4-5,7-10,12-14H2,1-2H3. The normalized spacial score (nSPS) is 26.4. The Bertz CT molecular complexity index is 534. The summed E-state index contributed by atoms with van der Waals surface area (Å²) in [6, 6.07) is 1.99. The average Bonchev–Trinajstić information content (AvgIpc) is 2.97. The Labute approximate surface area is 143 Å². The zero-order valence-electron chi connectivity index (χ0n) is 14.6. The van der Waals surface area contributed by atoms with E-state index >= 15 is 0 Å². The molecule has 0 saturated carbocycles. The fourth-order valence-corrected chi connectivity index (χ4v) is 3.33. The summed E-state index contributed by atoms with van der Waals surface area (Å²) in [5.41, 5.74) is 0.798. The van der Waals surface area contributed by atoms with Crippen LogP contribution in [0.2, 0.25) is 0 Å². The maximum Gasteiger partial charge on any atom is 0.236 e. The molecule has 2 aliphatic heterocycles. The van der Waals surface area contributed by atoms with Gasteiger partial charge in [0, 0.05) is 52.4 Å². The zero-order valence-corrected chi connectivity index (χ0v) is 14.6. The highest BCUT2D eigenvalue weighted by atomic mass is 16.5. The first-order valence-electron chi connectivity index (χ1n) is 8.44. The number of ether oxygens (including phenoxy) is 2. The van der Waals surface area contributed by atoms with Crippen molar-refractivity contribution in [1.82, 2.24) is 14.7 Å². The van der Waals surface area contributed by atoms with Crippen molar-refractivity contribution < 1.29 is 18.7 Å². The van der Waals surface area contributed by atoms with E-state index in [2.05, 4.69) is 9.80 Å². The van der Waals surface area contributed by atoms with Crippen molar-refractivity contribution in [2.45, 2.75) is 12.1 Å². The van der Waals surface area contributed by atoms with Gasteiger partial charge in [0.1, 0.15) is 5.60 Å². The van der Waals surface area contributed by atoms with Crippen LogP contribution < -0.4 is 0 Å². The van der Waals surface area contributed by atoms with Gasteiger partial charge in [0.15, 0.2) is 0 Å². The van der Waals surface area contributed by atoms with Crippen molar-refractivity contribution in [1.29, 1.82) is 0 Å². The second kappa shape index (κ2) is 7.65. The van der Waals surface area contributed by atoms with E-state index in [4.69, 9.17) is 13.9 Å². The molecule has 1 spiro atoms. The number of morpholine rings is 1. The quantitative estimate of drug-likeness (QED) is 0.786. The van der Waals surface area contributed by atoms with E-state index in [1.54, 1.807) is 31.5 Å². The van der Waals surface area contributed by atoms with Gasteiger partial charge in [-0.3, -0.25) is 14.6 Å². The maximum atomic E-state index is 12.1. The summed E-state index contributed by atoms with van der Waals surface area (Å²) in [6.07, 6.45) is 3.49. The lowest BCUT2D eigenvalue weighted by atomic mass is 10.0. The first-order valence-corrected chi connectivity index (χ1v) is 8.44. The van der Waals surface area contributed by atoms with Crippen molar-refractivity contribution in [2.24, 2.45) is 0 Å². The minimum Gasteiger partial charge on any atom is -0.472 e. The lowest BCUT2D eigenvalue weighted by Gasteiger charge is -2.43. The molecule has 2 aliphatic rings. The Kier molecular flexibility index (Phi) is 5.55. The smallest absolute Gasteiger partial charge is 0.236 e. The highest BCUT2D eigenvalue weighted by molar-refractivity contribution is 5.77. The molecule has 3 heterocycles. The van der Waals surface area contributed by atoms with Crippen molar-refractivity contribution >= 4 is 5.91 Å². The van der Waals surface area contributed by atoms with Gasteiger partial charge in [0.05, 0.1) is 38.9 Å². The number of hydrogen-bond acceptors (Lipinski definition) is 6. The van der Waals surface area contributed by atoms with Crippen LogP contribution in [-0.4, -0.2) is 92.8 Å². The molecule has 1 amide bonds. The van der Waals surface area contributed by atoms with Crippen molar-refractivity contribution in [2.75, 3.05) is 66.6 Å². The Morgan fingerprint density at radius 2 is 2.04 bits per heavy atom. The van der Waals surface area contributed by atoms with Crippen LogP contribution in [0.25, 0.3) is 0 Å². The molecule has 2 fully saturated rings. The van der Waals surface area contributed by atoms with Crippen LogP contribution in [-0.2, 0) is 20.8 Å². The number of amides is 1. The predicted molar refractivity (Wildman–Crippen MR) is 88.6 cm³/mol. The van der Waals surface area contributed by atoms with E-state index in [1.165, 1.54) is 5.56 Å². The fraction of sp³-hybridized carbons (Fsp3) is 0.706. The van der Waals surface area contributed by atoms with Crippen LogP contribution >= 0.6 is 0 Å². The summed E-state index contributed by atoms with van der Waals surface area (Å²) in [7, 11) is 3.58. The van der Waals surface area contributed by atoms with Gasteiger partial charge in [0.2, 0.25) is 5.91 Å². The van der Waals surface area contributed by atoms with Crippen LogP contribution in [0.4, 0.5) is 0 Å². The van der Waals surface area contributed by atoms with Gasteiger partial charge in [-0.05, 0) is 6.07 Å². The lowest BCUT2D eigenvalue weighted by molar-refractivity contribution is -0.145. The molecular formula is C17H27N3O4. The molecule has 1 unspecified atom stereocenters. The topological polar surface area (TPSA) is 58.4 Å². The monoisotopic (exact) mass is 337 g/mol. The second-order valence-electron chi connectivity index (χ2n) is 6.93. The first-order chi connectivity index (χ1) is 11.6. The van der Waals surface area contributed by atoms with Crippen LogP contribution in [0.15, 0.2) is 23.0 Å². The number of hydrogen-bond donors (Lipinski definition) is 0. The SMILES string of the molecule is CN(C)C(=O)CN1CCOCC2(C1)CN(Cc1ccoc1)CCO2. The molecule has 2 saturated heterocycles. The Balaban J connectivity index is 1.64. The Morgan fingerprint density at radius 3 is 2.79 bits per heavy atom. The molecule has 0 aliphatic carbocycles. The van der Waals surface area contributed by atoms with E-state index in [0.29, 0.717) is 32.9 Å². The molecule has 1 atom stereocenters. The Hall–Kier alpha value is -1.41. The van der Waals surface area contributed by atoms with Crippen LogP contribution in [0.3, 0.4) is 0 Å². The van der Waals surface area contributed by atoms with Gasteiger partial charge < -0.3 is 18.8 Å². The summed E-state index contributed by atoms with van der Waals surface area (Å²) in [4.78, 5) is 18.2. The first kappa shape index (κ1) is 17.4. The van der Waals surface area contributed by atoms with Crippen molar-refractivity contribution in [3.05, 3.63) is 24.2 Å². The third-order valence-electron chi connectivity index (χ3n) is 4.60. The summed E-state index contributed by atoms with van der Waals surface area (Å²) in [5.74, 6) is 0.109. The summed E-state index contributed by atoms with van der Waals surface area (Å²) >= 11 is 0. The zero-order chi connectivity index (χ0) is 17.0. The number of nitrogens with zero attached hydrogens (tertiary/aromatic N) is 3. The molecule has 7 heteroatoms. The number of carbonyl (C=O) groups is 1. The maximum absolute atomic E-state index is 12.1. The minimum absolute atomic E-state index is 0.109. The highest BCUT2D eigenvalue weighted by Gasteiger charge is 2.40. The highest BCUT2D eigenvalue weighted by Crippen LogP contribution is 2.24. The number of likely N-dealkylation sites (N-methyl/N-ethyl adjacent to an activating group) is 1. The van der Waals surface area contributed by atoms with Crippen molar-refractivity contribution in [3.63, 3.8) is 0 Å². The number of furan rings is 1. The molecule has 24 heavy (non-hydrogen) atoms. The molecule has 1 aromatic rings. The van der Waals surface area contributed by atoms with Gasteiger partial charge >= 0.3 is 0 Å². The second-order valence-corrected chi connectivity index (χ2v) is 6.93. The molecule has 134 valence electrons. The van der Waals surface area contributed by atoms with Gasteiger partial charge in [-0.2, -0.15) is 0 Å². The third kappa shape index (κ3) is 4.36. The third-order valence-corrected chi connectivity index (χ3v) is 4.60. The van der Waals surface area contributed by atoms with Crippen LogP contribution in [0.1, 0.15) is 5.56 Å². The van der Waals surface area contributed by atoms with E-state index in [0.717, 1.165) is 26.2 Å². The molecule has 0 bridgehead atoms. The molecular weight excluding hydrogens is 310 g/mol. The lowest BCUT2D eigenvalue weighted by Crippen LogP contribution is -2.59. The van der Waals surface area contributed by atoms with Crippen molar-refractivity contribution in [3.8, 4) is 0 Å². The molecule has 0 N–H and O–H groups in total. The van der Waals surface area contributed by atoms with Gasteiger partial charge in [-0.1, -0.05) is 0 Å². The molecule has 3 rings (SSSR count).